The molecule has 4 aromatic rings. The molecule has 0 spiro atoms. The van der Waals surface area contributed by atoms with E-state index in [1.54, 1.807) is 28.6 Å². The molecule has 0 atom stereocenters. The van der Waals surface area contributed by atoms with Crippen LogP contribution in [0.25, 0.3) is 0 Å². The van der Waals surface area contributed by atoms with Crippen molar-refractivity contribution < 1.29 is 17.6 Å². The summed E-state index contributed by atoms with van der Waals surface area (Å²) in [5.41, 5.74) is 4.99. The molecule has 0 radical (unpaired) electrons. The number of fused-ring (bicyclic) bond motifs is 1. The van der Waals surface area contributed by atoms with E-state index in [0.717, 1.165) is 22.5 Å². The molecule has 9 heteroatoms. The molecule has 0 N–H and O–H groups in total. The second-order valence-electron chi connectivity index (χ2n) is 9.59. The molecule has 38 heavy (non-hydrogen) atoms. The van der Waals surface area contributed by atoms with Crippen molar-refractivity contribution in [1.82, 2.24) is 14.1 Å². The van der Waals surface area contributed by atoms with Crippen LogP contribution in [0, 0.1) is 19.7 Å². The van der Waals surface area contributed by atoms with Gasteiger partial charge in [-0.2, -0.15) is 9.40 Å². The highest BCUT2D eigenvalue weighted by atomic mass is 32.2. The number of carbonyl (C=O) groups is 1. The maximum absolute atomic E-state index is 13.8. The molecule has 0 unspecified atom stereocenters. The fourth-order valence-corrected chi connectivity index (χ4v) is 6.29. The van der Waals surface area contributed by atoms with Gasteiger partial charge in [-0.05, 0) is 61.9 Å². The minimum absolute atomic E-state index is 0.0609. The number of sulfonamides is 1. The van der Waals surface area contributed by atoms with Gasteiger partial charge in [0, 0.05) is 49.1 Å². The normalized spacial score (nSPS) is 13.8. The van der Waals surface area contributed by atoms with E-state index in [-0.39, 0.29) is 36.0 Å². The Balaban J connectivity index is 1.49. The number of amides is 1. The third-order valence-electron chi connectivity index (χ3n) is 6.98. The summed E-state index contributed by atoms with van der Waals surface area (Å²) in [6.45, 7) is 4.11. The zero-order valence-corrected chi connectivity index (χ0v) is 22.4. The number of hydrogen-bond acceptors (Lipinski definition) is 4. The number of nitrogens with zero attached hydrogens (tertiary/aromatic N) is 4. The van der Waals surface area contributed by atoms with Gasteiger partial charge >= 0.3 is 0 Å². The molecule has 196 valence electrons. The number of aryl methyl sites for hydroxylation is 3. The number of hydrogen-bond donors (Lipinski definition) is 0. The molecule has 7 nitrogen and oxygen atoms in total. The van der Waals surface area contributed by atoms with Crippen molar-refractivity contribution in [1.29, 1.82) is 0 Å². The lowest BCUT2D eigenvalue weighted by Gasteiger charge is -2.28. The molecule has 5 rings (SSSR count). The molecule has 1 aromatic heterocycles. The van der Waals surface area contributed by atoms with E-state index >= 15 is 0 Å². The molecule has 0 saturated carbocycles. The third kappa shape index (κ3) is 4.87. The third-order valence-corrected chi connectivity index (χ3v) is 8.82. The summed E-state index contributed by atoms with van der Waals surface area (Å²) < 4.78 is 43.9. The predicted molar refractivity (Wildman–Crippen MR) is 144 cm³/mol. The second kappa shape index (κ2) is 10.2. The zero-order chi connectivity index (χ0) is 27.0. The Kier molecular flexibility index (Phi) is 6.90. The Morgan fingerprint density at radius 3 is 2.42 bits per heavy atom. The van der Waals surface area contributed by atoms with Gasteiger partial charge in [0.25, 0.3) is 5.91 Å². The quantitative estimate of drug-likeness (QED) is 0.359. The average molecular weight is 533 g/mol. The summed E-state index contributed by atoms with van der Waals surface area (Å²) in [6, 6.07) is 20.6. The molecule has 1 aliphatic rings. The summed E-state index contributed by atoms with van der Waals surface area (Å²) in [5.74, 6) is -0.614. The number of halogens is 1. The van der Waals surface area contributed by atoms with Crippen LogP contribution < -0.4 is 4.90 Å². The number of para-hydroxylation sites is 1. The van der Waals surface area contributed by atoms with E-state index in [9.17, 15) is 17.6 Å². The van der Waals surface area contributed by atoms with Gasteiger partial charge in [0.05, 0.1) is 17.1 Å². The fraction of sp³-hybridized carbons (Fsp3) is 0.241. The smallest absolute Gasteiger partial charge is 0.258 e. The topological polar surface area (TPSA) is 75.5 Å². The summed E-state index contributed by atoms with van der Waals surface area (Å²) in [4.78, 5) is 15.4. The van der Waals surface area contributed by atoms with E-state index in [1.165, 1.54) is 22.5 Å². The van der Waals surface area contributed by atoms with E-state index in [4.69, 9.17) is 5.10 Å². The van der Waals surface area contributed by atoms with Gasteiger partial charge in [-0.1, -0.05) is 35.9 Å². The number of carbonyl (C=O) groups excluding carboxylic acids is 1. The number of benzene rings is 3. The fourth-order valence-electron chi connectivity index (χ4n) is 4.79. The van der Waals surface area contributed by atoms with Crippen LogP contribution in [-0.2, 0) is 36.6 Å². The van der Waals surface area contributed by atoms with Gasteiger partial charge in [-0.3, -0.25) is 9.48 Å². The first-order valence-corrected chi connectivity index (χ1v) is 13.8. The number of rotatable bonds is 6. The molecule has 1 aliphatic heterocycles. The summed E-state index contributed by atoms with van der Waals surface area (Å²) in [6.07, 6.45) is 0.482. The van der Waals surface area contributed by atoms with Gasteiger partial charge in [-0.15, -0.1) is 0 Å². The van der Waals surface area contributed by atoms with Crippen molar-refractivity contribution >= 4 is 21.6 Å². The van der Waals surface area contributed by atoms with Crippen LogP contribution in [0.1, 0.15) is 38.4 Å². The monoisotopic (exact) mass is 532 g/mol. The molecule has 2 heterocycles. The number of aromatic nitrogens is 2. The van der Waals surface area contributed by atoms with E-state index in [0.29, 0.717) is 17.7 Å². The average Bonchev–Trinajstić information content (AvgIpc) is 3.23. The van der Waals surface area contributed by atoms with Crippen LogP contribution in [0.3, 0.4) is 0 Å². The van der Waals surface area contributed by atoms with E-state index < -0.39 is 15.8 Å². The number of anilines is 1. The van der Waals surface area contributed by atoms with Crippen molar-refractivity contribution in [3.63, 3.8) is 0 Å². The largest absolute Gasteiger partial charge is 0.302 e. The first-order valence-electron chi connectivity index (χ1n) is 12.4. The standard InChI is InChI=1S/C29H29FN4O3S/c1-20-9-11-22(12-10-20)29(35)34(23-7-5-4-6-8-23)19-27-25-18-33(16-15-28(25)32(3)31-27)38(36,37)24-13-14-26(30)21(2)17-24/h4-14,17H,15-16,18-19H2,1-3H3. The van der Waals surface area contributed by atoms with Crippen molar-refractivity contribution in [3.05, 3.63) is 112 Å². The van der Waals surface area contributed by atoms with Gasteiger partial charge in [0.2, 0.25) is 10.0 Å². The zero-order valence-electron chi connectivity index (χ0n) is 21.6. The van der Waals surface area contributed by atoms with E-state index in [2.05, 4.69) is 0 Å². The Labute approximate surface area is 222 Å². The maximum Gasteiger partial charge on any atom is 0.258 e. The molecule has 0 fully saturated rings. The van der Waals surface area contributed by atoms with Crippen LogP contribution >= 0.6 is 0 Å². The summed E-state index contributed by atoms with van der Waals surface area (Å²) in [7, 11) is -2.01. The van der Waals surface area contributed by atoms with Crippen LogP contribution in [-0.4, -0.2) is 35.0 Å². The Morgan fingerprint density at radius 1 is 1.03 bits per heavy atom. The van der Waals surface area contributed by atoms with Crippen molar-refractivity contribution in [2.75, 3.05) is 11.4 Å². The van der Waals surface area contributed by atoms with Gasteiger partial charge < -0.3 is 4.90 Å². The highest BCUT2D eigenvalue weighted by molar-refractivity contribution is 7.89. The summed E-state index contributed by atoms with van der Waals surface area (Å²) in [5, 5.41) is 4.71. The van der Waals surface area contributed by atoms with Crippen molar-refractivity contribution in [3.8, 4) is 0 Å². The first-order chi connectivity index (χ1) is 18.1. The molecule has 1 amide bonds. The lowest BCUT2D eigenvalue weighted by Crippen LogP contribution is -2.37. The molecular formula is C29H29FN4O3S. The summed E-state index contributed by atoms with van der Waals surface area (Å²) >= 11 is 0. The SMILES string of the molecule is Cc1ccc(C(=O)N(Cc2nn(C)c3c2CN(S(=O)(=O)c2ccc(F)c(C)c2)CC3)c2ccccc2)cc1. The van der Waals surface area contributed by atoms with Crippen LogP contribution in [0.15, 0.2) is 77.7 Å². The van der Waals surface area contributed by atoms with Crippen LogP contribution in [0.5, 0.6) is 0 Å². The minimum atomic E-state index is -3.85. The molecule has 3 aromatic carbocycles. The molecule has 0 bridgehead atoms. The van der Waals surface area contributed by atoms with Gasteiger partial charge in [0.15, 0.2) is 0 Å². The minimum Gasteiger partial charge on any atom is -0.302 e. The van der Waals surface area contributed by atoms with Crippen molar-refractivity contribution in [2.24, 2.45) is 7.05 Å². The Bertz CT molecular complexity index is 1600. The van der Waals surface area contributed by atoms with Crippen molar-refractivity contribution in [2.45, 2.75) is 38.3 Å². The van der Waals surface area contributed by atoms with Gasteiger partial charge in [0.1, 0.15) is 5.82 Å². The second-order valence-corrected chi connectivity index (χ2v) is 11.5. The maximum atomic E-state index is 13.8. The van der Waals surface area contributed by atoms with E-state index in [1.807, 2.05) is 56.4 Å². The Morgan fingerprint density at radius 2 is 1.74 bits per heavy atom. The highest BCUT2D eigenvalue weighted by Crippen LogP contribution is 2.30. The predicted octanol–water partition coefficient (Wildman–Crippen LogP) is 4.77. The van der Waals surface area contributed by atoms with Crippen LogP contribution in [0.4, 0.5) is 10.1 Å². The molecular weight excluding hydrogens is 503 g/mol. The van der Waals surface area contributed by atoms with Crippen LogP contribution in [0.2, 0.25) is 0 Å². The Hall–Kier alpha value is -3.82. The molecule has 0 aliphatic carbocycles. The lowest BCUT2D eigenvalue weighted by molar-refractivity contribution is 0.0984. The highest BCUT2D eigenvalue weighted by Gasteiger charge is 2.33. The lowest BCUT2D eigenvalue weighted by atomic mass is 10.1. The first kappa shape index (κ1) is 25.8. The van der Waals surface area contributed by atoms with Gasteiger partial charge in [-0.25, -0.2) is 12.8 Å². The molecule has 0 saturated heterocycles.